The molecule has 0 aromatic rings. The van der Waals surface area contributed by atoms with Crippen LogP contribution in [-0.2, 0) is 27.9 Å². The monoisotopic (exact) mass is 322 g/mol. The van der Waals surface area contributed by atoms with Gasteiger partial charge in [0.25, 0.3) is 0 Å². The first-order valence-electron chi connectivity index (χ1n) is 7.26. The molecule has 0 aliphatic carbocycles. The maximum absolute atomic E-state index is 11.8. The summed E-state index contributed by atoms with van der Waals surface area (Å²) in [6.45, 7) is 5.54. The molecular formula is C14H27O6P. The standard InChI is InChI=1S/C14H27O6P/c1-14(2)10-19-13(20-11-14)7-5-6-12(15)8-9-21(16,17-3)18-4/h13H,5-11H2,1-4H3. The molecule has 124 valence electrons. The molecule has 6 nitrogen and oxygen atoms in total. The molecular weight excluding hydrogens is 295 g/mol. The summed E-state index contributed by atoms with van der Waals surface area (Å²) in [6, 6.07) is 0. The Hall–Kier alpha value is -0.260. The van der Waals surface area contributed by atoms with Crippen LogP contribution in [-0.4, -0.2) is 45.7 Å². The SMILES string of the molecule is COP(=O)(CCC(=O)CCCC1OCC(C)(C)CO1)OC. The van der Waals surface area contributed by atoms with Crippen LogP contribution in [0.4, 0.5) is 0 Å². The average Bonchev–Trinajstić information content (AvgIpc) is 2.46. The van der Waals surface area contributed by atoms with Gasteiger partial charge in [-0.1, -0.05) is 13.8 Å². The van der Waals surface area contributed by atoms with Crippen LogP contribution in [0.5, 0.6) is 0 Å². The summed E-state index contributed by atoms with van der Waals surface area (Å²) in [5.41, 5.74) is 0.0633. The normalized spacial score (nSPS) is 19.6. The number of Topliss-reactive ketones (excluding diaryl/α,β-unsaturated/α-hetero) is 1. The summed E-state index contributed by atoms with van der Waals surface area (Å²) in [6.07, 6.45) is 1.96. The highest BCUT2D eigenvalue weighted by Crippen LogP contribution is 2.46. The molecule has 0 N–H and O–H groups in total. The Labute approximate surface area is 127 Å². The Bertz CT molecular complexity index is 364. The van der Waals surface area contributed by atoms with E-state index in [1.54, 1.807) is 0 Å². The molecule has 0 radical (unpaired) electrons. The third-order valence-electron chi connectivity index (χ3n) is 3.44. The highest BCUT2D eigenvalue weighted by atomic mass is 31.2. The Morgan fingerprint density at radius 3 is 2.29 bits per heavy atom. The minimum atomic E-state index is -3.08. The van der Waals surface area contributed by atoms with Crippen LogP contribution < -0.4 is 0 Å². The van der Waals surface area contributed by atoms with Gasteiger partial charge < -0.3 is 18.5 Å². The van der Waals surface area contributed by atoms with E-state index in [1.807, 2.05) is 0 Å². The van der Waals surface area contributed by atoms with Gasteiger partial charge in [-0.15, -0.1) is 0 Å². The third-order valence-corrected chi connectivity index (χ3v) is 5.32. The van der Waals surface area contributed by atoms with Crippen LogP contribution in [0.3, 0.4) is 0 Å². The lowest BCUT2D eigenvalue weighted by Gasteiger charge is -2.34. The van der Waals surface area contributed by atoms with Gasteiger partial charge in [0.05, 0.1) is 19.4 Å². The summed E-state index contributed by atoms with van der Waals surface area (Å²) >= 11 is 0. The number of hydrogen-bond donors (Lipinski definition) is 0. The van der Waals surface area contributed by atoms with Crippen LogP contribution in [0.15, 0.2) is 0 Å². The lowest BCUT2D eigenvalue weighted by atomic mass is 9.95. The second-order valence-electron chi connectivity index (χ2n) is 6.10. The van der Waals surface area contributed by atoms with Crippen molar-refractivity contribution in [3.63, 3.8) is 0 Å². The van der Waals surface area contributed by atoms with Gasteiger partial charge in [-0.25, -0.2) is 0 Å². The van der Waals surface area contributed by atoms with E-state index in [9.17, 15) is 9.36 Å². The fourth-order valence-electron chi connectivity index (χ4n) is 2.00. The molecule has 0 spiro atoms. The molecule has 1 fully saturated rings. The molecule has 7 heteroatoms. The van der Waals surface area contributed by atoms with Crippen molar-refractivity contribution in [2.24, 2.45) is 5.41 Å². The number of hydrogen-bond acceptors (Lipinski definition) is 6. The van der Waals surface area contributed by atoms with Crippen molar-refractivity contribution >= 4 is 13.4 Å². The Morgan fingerprint density at radius 2 is 1.76 bits per heavy atom. The number of carbonyl (C=O) groups is 1. The minimum absolute atomic E-state index is 0.0560. The number of rotatable bonds is 9. The summed E-state index contributed by atoms with van der Waals surface area (Å²) in [5.74, 6) is 0.0560. The number of carbonyl (C=O) groups excluding carboxylic acids is 1. The topological polar surface area (TPSA) is 71.1 Å². The second-order valence-corrected chi connectivity index (χ2v) is 8.50. The van der Waals surface area contributed by atoms with E-state index >= 15 is 0 Å². The van der Waals surface area contributed by atoms with Crippen LogP contribution in [0.2, 0.25) is 0 Å². The second kappa shape index (κ2) is 8.39. The van der Waals surface area contributed by atoms with E-state index < -0.39 is 7.60 Å². The predicted molar refractivity (Wildman–Crippen MR) is 79.4 cm³/mol. The largest absolute Gasteiger partial charge is 0.352 e. The Kier molecular flexibility index (Phi) is 7.51. The van der Waals surface area contributed by atoms with Gasteiger partial charge in [0.15, 0.2) is 6.29 Å². The average molecular weight is 322 g/mol. The molecule has 0 saturated carbocycles. The lowest BCUT2D eigenvalue weighted by molar-refractivity contribution is -0.224. The van der Waals surface area contributed by atoms with Crippen LogP contribution in [0.25, 0.3) is 0 Å². The third kappa shape index (κ3) is 7.02. The van der Waals surface area contributed by atoms with Crippen LogP contribution in [0.1, 0.15) is 39.5 Å². The fraction of sp³-hybridized carbons (Fsp3) is 0.929. The van der Waals surface area contributed by atoms with E-state index in [0.717, 1.165) is 0 Å². The van der Waals surface area contributed by atoms with E-state index in [0.29, 0.717) is 32.5 Å². The van der Waals surface area contributed by atoms with Crippen molar-refractivity contribution in [1.82, 2.24) is 0 Å². The van der Waals surface area contributed by atoms with Crippen molar-refractivity contribution in [2.45, 2.75) is 45.8 Å². The molecule has 1 heterocycles. The molecule has 0 amide bonds. The van der Waals surface area contributed by atoms with Crippen LogP contribution >= 0.6 is 7.60 Å². The highest BCUT2D eigenvalue weighted by Gasteiger charge is 2.28. The lowest BCUT2D eigenvalue weighted by Crippen LogP contribution is -2.37. The van der Waals surface area contributed by atoms with Gasteiger partial charge in [0, 0.05) is 32.5 Å². The Balaban J connectivity index is 2.15. The maximum atomic E-state index is 11.8. The van der Waals surface area contributed by atoms with Gasteiger partial charge in [-0.05, 0) is 12.8 Å². The Morgan fingerprint density at radius 1 is 1.19 bits per heavy atom. The first-order valence-corrected chi connectivity index (χ1v) is 8.98. The first-order chi connectivity index (χ1) is 9.80. The zero-order chi connectivity index (χ0) is 15.9. The number of ether oxygens (including phenoxy) is 2. The summed E-state index contributed by atoms with van der Waals surface area (Å²) < 4.78 is 32.6. The molecule has 0 aromatic heterocycles. The smallest absolute Gasteiger partial charge is 0.330 e. The van der Waals surface area contributed by atoms with Crippen molar-refractivity contribution in [3.8, 4) is 0 Å². The zero-order valence-corrected chi connectivity index (χ0v) is 14.3. The van der Waals surface area contributed by atoms with Crippen molar-refractivity contribution in [2.75, 3.05) is 33.6 Å². The van der Waals surface area contributed by atoms with Gasteiger partial charge in [0.2, 0.25) is 0 Å². The molecule has 1 aliphatic rings. The maximum Gasteiger partial charge on any atom is 0.330 e. The summed E-state index contributed by atoms with van der Waals surface area (Å²) in [7, 11) is -0.423. The van der Waals surface area contributed by atoms with E-state index in [4.69, 9.17) is 18.5 Å². The van der Waals surface area contributed by atoms with Gasteiger partial charge in [-0.3, -0.25) is 9.36 Å². The van der Waals surface area contributed by atoms with Crippen molar-refractivity contribution < 1.29 is 27.9 Å². The summed E-state index contributed by atoms with van der Waals surface area (Å²) in [4.78, 5) is 11.8. The molecule has 1 aliphatic heterocycles. The van der Waals surface area contributed by atoms with Gasteiger partial charge in [-0.2, -0.15) is 0 Å². The zero-order valence-electron chi connectivity index (χ0n) is 13.4. The summed E-state index contributed by atoms with van der Waals surface area (Å²) in [5, 5.41) is 0. The molecule has 21 heavy (non-hydrogen) atoms. The number of ketones is 1. The molecule has 0 unspecified atom stereocenters. The van der Waals surface area contributed by atoms with E-state index in [1.165, 1.54) is 14.2 Å². The van der Waals surface area contributed by atoms with Crippen molar-refractivity contribution in [1.29, 1.82) is 0 Å². The molecule has 1 saturated heterocycles. The quantitative estimate of drug-likeness (QED) is 0.608. The highest BCUT2D eigenvalue weighted by molar-refractivity contribution is 7.53. The molecule has 1 rings (SSSR count). The van der Waals surface area contributed by atoms with Gasteiger partial charge in [0.1, 0.15) is 5.78 Å². The van der Waals surface area contributed by atoms with Crippen molar-refractivity contribution in [3.05, 3.63) is 0 Å². The molecule has 0 aromatic carbocycles. The predicted octanol–water partition coefficient (Wildman–Crippen LogP) is 3.00. The minimum Gasteiger partial charge on any atom is -0.352 e. The fourth-order valence-corrected chi connectivity index (χ4v) is 3.04. The first kappa shape index (κ1) is 18.8. The van der Waals surface area contributed by atoms with E-state index in [-0.39, 0.29) is 30.1 Å². The molecule has 0 bridgehead atoms. The van der Waals surface area contributed by atoms with Crippen LogP contribution in [0, 0.1) is 5.41 Å². The van der Waals surface area contributed by atoms with Gasteiger partial charge >= 0.3 is 7.60 Å². The van der Waals surface area contributed by atoms with E-state index in [2.05, 4.69) is 13.8 Å². The molecule has 0 atom stereocenters.